The van der Waals surface area contributed by atoms with E-state index in [-0.39, 0.29) is 6.61 Å². The average molecular weight is 235 g/mol. The monoisotopic (exact) mass is 235 g/mol. The highest BCUT2D eigenvalue weighted by molar-refractivity contribution is 5.18. The number of rotatable bonds is 4. The Morgan fingerprint density at radius 1 is 1.41 bits per heavy atom. The molecule has 2 rings (SSSR count). The van der Waals surface area contributed by atoms with Crippen molar-refractivity contribution in [2.45, 2.75) is 25.4 Å². The standard InChI is InChI=1S/C14H21NO2/c1-12(13-5-3-2-4-6-13)15-8-10-17-11-14(15)7-9-16/h2-6,12,14,16H,7-11H2,1H3. The molecule has 1 saturated heterocycles. The Morgan fingerprint density at radius 2 is 2.18 bits per heavy atom. The van der Waals surface area contributed by atoms with E-state index in [2.05, 4.69) is 36.1 Å². The molecule has 0 spiro atoms. The molecular weight excluding hydrogens is 214 g/mol. The highest BCUT2D eigenvalue weighted by Gasteiger charge is 2.27. The van der Waals surface area contributed by atoms with Crippen LogP contribution in [-0.4, -0.2) is 42.4 Å². The summed E-state index contributed by atoms with van der Waals surface area (Å²) >= 11 is 0. The summed E-state index contributed by atoms with van der Waals surface area (Å²) in [7, 11) is 0. The van der Waals surface area contributed by atoms with Gasteiger partial charge in [0.25, 0.3) is 0 Å². The Balaban J connectivity index is 2.08. The van der Waals surface area contributed by atoms with Crippen LogP contribution in [0.15, 0.2) is 30.3 Å². The lowest BCUT2D eigenvalue weighted by Crippen LogP contribution is -2.46. The van der Waals surface area contributed by atoms with E-state index in [0.717, 1.165) is 26.2 Å². The first kappa shape index (κ1) is 12.6. The maximum absolute atomic E-state index is 9.11. The second-order valence-corrected chi connectivity index (χ2v) is 4.57. The molecule has 94 valence electrons. The molecule has 1 aromatic rings. The van der Waals surface area contributed by atoms with Gasteiger partial charge in [0.1, 0.15) is 0 Å². The topological polar surface area (TPSA) is 32.7 Å². The smallest absolute Gasteiger partial charge is 0.0623 e. The van der Waals surface area contributed by atoms with Gasteiger partial charge >= 0.3 is 0 Å². The Kier molecular flexibility index (Phi) is 4.54. The lowest BCUT2D eigenvalue weighted by molar-refractivity contribution is -0.0336. The summed E-state index contributed by atoms with van der Waals surface area (Å²) in [4.78, 5) is 2.44. The van der Waals surface area contributed by atoms with Crippen molar-refractivity contribution in [2.24, 2.45) is 0 Å². The van der Waals surface area contributed by atoms with Crippen LogP contribution >= 0.6 is 0 Å². The van der Waals surface area contributed by atoms with Crippen molar-refractivity contribution in [3.8, 4) is 0 Å². The molecule has 1 aliphatic rings. The van der Waals surface area contributed by atoms with E-state index in [1.165, 1.54) is 5.56 Å². The normalized spacial score (nSPS) is 23.5. The van der Waals surface area contributed by atoms with E-state index >= 15 is 0 Å². The fraction of sp³-hybridized carbons (Fsp3) is 0.571. The summed E-state index contributed by atoms with van der Waals surface area (Å²) in [6.45, 7) is 4.93. The molecule has 1 N–H and O–H groups in total. The van der Waals surface area contributed by atoms with Gasteiger partial charge < -0.3 is 9.84 Å². The van der Waals surface area contributed by atoms with Crippen molar-refractivity contribution in [1.82, 2.24) is 4.90 Å². The van der Waals surface area contributed by atoms with Crippen molar-refractivity contribution >= 4 is 0 Å². The first-order chi connectivity index (χ1) is 8.33. The van der Waals surface area contributed by atoms with Crippen LogP contribution in [0.5, 0.6) is 0 Å². The number of aliphatic hydroxyl groups is 1. The van der Waals surface area contributed by atoms with E-state index in [1.54, 1.807) is 0 Å². The lowest BCUT2D eigenvalue weighted by atomic mass is 10.0. The molecule has 3 nitrogen and oxygen atoms in total. The number of nitrogens with zero attached hydrogens (tertiary/aromatic N) is 1. The van der Waals surface area contributed by atoms with Crippen molar-refractivity contribution in [3.05, 3.63) is 35.9 Å². The molecule has 0 aromatic heterocycles. The first-order valence-corrected chi connectivity index (χ1v) is 6.32. The van der Waals surface area contributed by atoms with Crippen LogP contribution in [0.25, 0.3) is 0 Å². The van der Waals surface area contributed by atoms with Crippen LogP contribution in [0.1, 0.15) is 24.9 Å². The lowest BCUT2D eigenvalue weighted by Gasteiger charge is -2.39. The van der Waals surface area contributed by atoms with Crippen LogP contribution in [0.2, 0.25) is 0 Å². The van der Waals surface area contributed by atoms with Gasteiger partial charge in [-0.25, -0.2) is 0 Å². The Hall–Kier alpha value is -0.900. The van der Waals surface area contributed by atoms with E-state index in [4.69, 9.17) is 9.84 Å². The molecule has 0 bridgehead atoms. The Labute approximate surface area is 103 Å². The molecule has 2 unspecified atom stereocenters. The third-order valence-corrected chi connectivity index (χ3v) is 3.51. The molecule has 1 fully saturated rings. The maximum atomic E-state index is 9.11. The van der Waals surface area contributed by atoms with Crippen LogP contribution < -0.4 is 0 Å². The number of ether oxygens (including phenoxy) is 1. The molecule has 3 heteroatoms. The van der Waals surface area contributed by atoms with E-state index < -0.39 is 0 Å². The van der Waals surface area contributed by atoms with Crippen LogP contribution in [0.4, 0.5) is 0 Å². The van der Waals surface area contributed by atoms with Gasteiger partial charge in [0, 0.05) is 25.2 Å². The molecule has 2 atom stereocenters. The van der Waals surface area contributed by atoms with Crippen molar-refractivity contribution in [3.63, 3.8) is 0 Å². The van der Waals surface area contributed by atoms with Crippen LogP contribution in [0.3, 0.4) is 0 Å². The molecule has 17 heavy (non-hydrogen) atoms. The minimum absolute atomic E-state index is 0.228. The van der Waals surface area contributed by atoms with Crippen molar-refractivity contribution in [2.75, 3.05) is 26.4 Å². The molecule has 0 radical (unpaired) electrons. The highest BCUT2D eigenvalue weighted by Crippen LogP contribution is 2.25. The van der Waals surface area contributed by atoms with Crippen LogP contribution in [0, 0.1) is 0 Å². The fourth-order valence-electron chi connectivity index (χ4n) is 2.50. The van der Waals surface area contributed by atoms with Crippen molar-refractivity contribution in [1.29, 1.82) is 0 Å². The van der Waals surface area contributed by atoms with Crippen LogP contribution in [-0.2, 0) is 4.74 Å². The van der Waals surface area contributed by atoms with E-state index in [0.29, 0.717) is 12.1 Å². The summed E-state index contributed by atoms with van der Waals surface area (Å²) in [5.41, 5.74) is 1.33. The van der Waals surface area contributed by atoms with Gasteiger partial charge in [0.05, 0.1) is 13.2 Å². The molecule has 1 aliphatic heterocycles. The van der Waals surface area contributed by atoms with E-state index in [9.17, 15) is 0 Å². The number of hydrogen-bond acceptors (Lipinski definition) is 3. The highest BCUT2D eigenvalue weighted by atomic mass is 16.5. The van der Waals surface area contributed by atoms with E-state index in [1.807, 2.05) is 6.07 Å². The zero-order chi connectivity index (χ0) is 12.1. The minimum Gasteiger partial charge on any atom is -0.396 e. The second-order valence-electron chi connectivity index (χ2n) is 4.57. The summed E-state index contributed by atoms with van der Waals surface area (Å²) in [6, 6.07) is 11.2. The quantitative estimate of drug-likeness (QED) is 0.864. The SMILES string of the molecule is CC(c1ccccc1)N1CCOCC1CCO. The third-order valence-electron chi connectivity index (χ3n) is 3.51. The number of morpholine rings is 1. The molecule has 1 aromatic carbocycles. The minimum atomic E-state index is 0.228. The summed E-state index contributed by atoms with van der Waals surface area (Å²) in [6.07, 6.45) is 0.789. The predicted octanol–water partition coefficient (Wildman–Crippen LogP) is 1.83. The van der Waals surface area contributed by atoms with Gasteiger partial charge in [-0.3, -0.25) is 4.90 Å². The Morgan fingerprint density at radius 3 is 2.88 bits per heavy atom. The van der Waals surface area contributed by atoms with Gasteiger partial charge in [-0.05, 0) is 18.9 Å². The molecule has 0 aliphatic carbocycles. The van der Waals surface area contributed by atoms with Gasteiger partial charge in [0.2, 0.25) is 0 Å². The molecular formula is C14H21NO2. The number of benzene rings is 1. The third kappa shape index (κ3) is 3.06. The molecule has 0 saturated carbocycles. The second kappa shape index (κ2) is 6.15. The average Bonchev–Trinajstić information content (AvgIpc) is 2.40. The van der Waals surface area contributed by atoms with Crippen molar-refractivity contribution < 1.29 is 9.84 Å². The predicted molar refractivity (Wildman–Crippen MR) is 67.9 cm³/mol. The molecule has 0 amide bonds. The summed E-state index contributed by atoms with van der Waals surface area (Å²) in [5, 5.41) is 9.11. The van der Waals surface area contributed by atoms with Gasteiger partial charge in [-0.15, -0.1) is 0 Å². The first-order valence-electron chi connectivity index (χ1n) is 6.32. The largest absolute Gasteiger partial charge is 0.396 e. The zero-order valence-electron chi connectivity index (χ0n) is 10.4. The Bertz CT molecular complexity index is 326. The summed E-state index contributed by atoms with van der Waals surface area (Å²) in [5.74, 6) is 0. The number of aliphatic hydroxyl groups excluding tert-OH is 1. The van der Waals surface area contributed by atoms with Gasteiger partial charge in [-0.1, -0.05) is 30.3 Å². The maximum Gasteiger partial charge on any atom is 0.0623 e. The molecule has 1 heterocycles. The number of hydrogen-bond donors (Lipinski definition) is 1. The summed E-state index contributed by atoms with van der Waals surface area (Å²) < 4.78 is 5.50. The fourth-order valence-corrected chi connectivity index (χ4v) is 2.50. The van der Waals surface area contributed by atoms with Gasteiger partial charge in [0.15, 0.2) is 0 Å². The zero-order valence-corrected chi connectivity index (χ0v) is 10.4. The van der Waals surface area contributed by atoms with Gasteiger partial charge in [-0.2, -0.15) is 0 Å².